The third-order valence-electron chi connectivity index (χ3n) is 4.16. The quantitative estimate of drug-likeness (QED) is 0.422. The van der Waals surface area contributed by atoms with E-state index in [0.29, 0.717) is 0 Å². The summed E-state index contributed by atoms with van der Waals surface area (Å²) in [7, 11) is 0. The predicted molar refractivity (Wildman–Crippen MR) is 94.7 cm³/mol. The summed E-state index contributed by atoms with van der Waals surface area (Å²) in [5.41, 5.74) is 0.984. The molecule has 2 aromatic carbocycles. The van der Waals surface area contributed by atoms with Crippen LogP contribution in [-0.2, 0) is 20.8 Å². The molecule has 1 aliphatic heterocycles. The van der Waals surface area contributed by atoms with E-state index in [4.69, 9.17) is 9.47 Å². The molecule has 1 unspecified atom stereocenters. The highest BCUT2D eigenvalue weighted by atomic mass is 16.6. The van der Waals surface area contributed by atoms with Crippen molar-refractivity contribution in [2.24, 2.45) is 0 Å². The molecule has 0 radical (unpaired) electrons. The normalized spacial score (nSPS) is 15.5. The van der Waals surface area contributed by atoms with Crippen molar-refractivity contribution >= 4 is 17.6 Å². The zero-order valence-electron chi connectivity index (χ0n) is 14.7. The van der Waals surface area contributed by atoms with E-state index in [9.17, 15) is 19.7 Å². The van der Waals surface area contributed by atoms with Crippen molar-refractivity contribution in [1.29, 1.82) is 0 Å². The standard InChI is InChI=1S/C19H18N2O6/c1-2-26-16(22)12-27-19-17-14(9-6-10-15(17)21(24)25)18(23)20(19)11-13-7-4-3-5-8-13/h3-10,19H,2,11-12H2,1H3. The van der Waals surface area contributed by atoms with Crippen molar-refractivity contribution in [3.05, 3.63) is 75.3 Å². The number of esters is 1. The highest BCUT2D eigenvalue weighted by molar-refractivity contribution is 6.00. The zero-order chi connectivity index (χ0) is 19.4. The number of hydrogen-bond donors (Lipinski definition) is 0. The Kier molecular flexibility index (Phi) is 5.46. The molecule has 3 rings (SSSR count). The minimum atomic E-state index is -1.04. The molecule has 0 saturated heterocycles. The molecule has 8 heteroatoms. The van der Waals surface area contributed by atoms with E-state index in [1.807, 2.05) is 30.3 Å². The van der Waals surface area contributed by atoms with Gasteiger partial charge in [-0.05, 0) is 18.6 Å². The lowest BCUT2D eigenvalue weighted by molar-refractivity contribution is -0.386. The Morgan fingerprint density at radius 1 is 1.19 bits per heavy atom. The van der Waals surface area contributed by atoms with Crippen molar-refractivity contribution in [1.82, 2.24) is 4.90 Å². The highest BCUT2D eigenvalue weighted by Gasteiger charge is 2.42. The zero-order valence-corrected chi connectivity index (χ0v) is 14.7. The van der Waals surface area contributed by atoms with E-state index in [0.717, 1.165) is 5.56 Å². The lowest BCUT2D eigenvalue weighted by Crippen LogP contribution is -2.30. The minimum Gasteiger partial charge on any atom is -0.464 e. The van der Waals surface area contributed by atoms with Crippen molar-refractivity contribution < 1.29 is 24.0 Å². The van der Waals surface area contributed by atoms with Gasteiger partial charge < -0.3 is 14.4 Å². The van der Waals surface area contributed by atoms with Gasteiger partial charge in [-0.25, -0.2) is 4.79 Å². The van der Waals surface area contributed by atoms with Gasteiger partial charge in [-0.15, -0.1) is 0 Å². The molecule has 0 N–H and O–H groups in total. The second-order valence-corrected chi connectivity index (χ2v) is 5.88. The van der Waals surface area contributed by atoms with Gasteiger partial charge in [0.1, 0.15) is 6.61 Å². The lowest BCUT2D eigenvalue weighted by atomic mass is 10.1. The molecule has 0 spiro atoms. The number of nitro groups is 1. The summed E-state index contributed by atoms with van der Waals surface area (Å²) in [5, 5.41) is 11.4. The van der Waals surface area contributed by atoms with Gasteiger partial charge in [0, 0.05) is 12.6 Å². The third-order valence-corrected chi connectivity index (χ3v) is 4.16. The fraction of sp³-hybridized carbons (Fsp3) is 0.263. The molecule has 0 bridgehead atoms. The van der Waals surface area contributed by atoms with Gasteiger partial charge in [-0.2, -0.15) is 0 Å². The van der Waals surface area contributed by atoms with Crippen molar-refractivity contribution in [2.45, 2.75) is 19.7 Å². The fourth-order valence-electron chi connectivity index (χ4n) is 3.03. The number of benzene rings is 2. The van der Waals surface area contributed by atoms with Crippen LogP contribution in [0.2, 0.25) is 0 Å². The molecule has 0 aliphatic carbocycles. The smallest absolute Gasteiger partial charge is 0.332 e. The summed E-state index contributed by atoms with van der Waals surface area (Å²) in [5.74, 6) is -0.983. The Morgan fingerprint density at radius 3 is 2.59 bits per heavy atom. The number of nitrogens with zero attached hydrogens (tertiary/aromatic N) is 2. The maximum Gasteiger partial charge on any atom is 0.332 e. The summed E-state index contributed by atoms with van der Waals surface area (Å²) in [6, 6.07) is 13.5. The molecule has 1 heterocycles. The monoisotopic (exact) mass is 370 g/mol. The summed E-state index contributed by atoms with van der Waals surface area (Å²) in [6.45, 7) is 1.64. The van der Waals surface area contributed by atoms with Crippen LogP contribution in [0, 0.1) is 10.1 Å². The first kappa shape index (κ1) is 18.5. The van der Waals surface area contributed by atoms with Gasteiger partial charge in [0.15, 0.2) is 6.23 Å². The first-order chi connectivity index (χ1) is 13.0. The summed E-state index contributed by atoms with van der Waals surface area (Å²) < 4.78 is 10.5. The SMILES string of the molecule is CCOC(=O)COC1c2c(cccc2[N+](=O)[O-])C(=O)N1Cc1ccccc1. The van der Waals surface area contributed by atoms with Crippen LogP contribution >= 0.6 is 0 Å². The Balaban J connectivity index is 1.96. The molecule has 2 aromatic rings. The molecule has 27 heavy (non-hydrogen) atoms. The highest BCUT2D eigenvalue weighted by Crippen LogP contribution is 2.40. The first-order valence-electron chi connectivity index (χ1n) is 8.42. The predicted octanol–water partition coefficient (Wildman–Crippen LogP) is 2.83. The Labute approximate surface area is 155 Å². The minimum absolute atomic E-state index is 0.160. The number of amides is 1. The van der Waals surface area contributed by atoms with Gasteiger partial charge in [0.25, 0.3) is 11.6 Å². The number of carbonyl (C=O) groups excluding carboxylic acids is 2. The molecular weight excluding hydrogens is 352 g/mol. The number of ether oxygens (including phenoxy) is 2. The number of carbonyl (C=O) groups is 2. The molecule has 0 saturated carbocycles. The van der Waals surface area contributed by atoms with E-state index in [1.165, 1.54) is 23.1 Å². The van der Waals surface area contributed by atoms with Crippen LogP contribution in [-0.4, -0.2) is 34.9 Å². The molecule has 0 aromatic heterocycles. The van der Waals surface area contributed by atoms with E-state index < -0.39 is 23.7 Å². The van der Waals surface area contributed by atoms with Crippen molar-refractivity contribution in [2.75, 3.05) is 13.2 Å². The van der Waals surface area contributed by atoms with Gasteiger partial charge in [-0.3, -0.25) is 14.9 Å². The Hall–Kier alpha value is -3.26. The molecule has 1 aliphatic rings. The summed E-state index contributed by atoms with van der Waals surface area (Å²) in [6.07, 6.45) is -1.04. The average molecular weight is 370 g/mol. The van der Waals surface area contributed by atoms with Gasteiger partial charge in [-0.1, -0.05) is 36.4 Å². The molecular formula is C19H18N2O6. The van der Waals surface area contributed by atoms with Crippen LogP contribution in [0.1, 0.15) is 34.6 Å². The van der Waals surface area contributed by atoms with Gasteiger partial charge >= 0.3 is 5.97 Å². The van der Waals surface area contributed by atoms with Crippen LogP contribution in [0.15, 0.2) is 48.5 Å². The number of rotatable bonds is 7. The van der Waals surface area contributed by atoms with E-state index in [1.54, 1.807) is 6.92 Å². The van der Waals surface area contributed by atoms with Crippen molar-refractivity contribution in [3.8, 4) is 0 Å². The molecule has 1 atom stereocenters. The lowest BCUT2D eigenvalue weighted by Gasteiger charge is -2.25. The number of hydrogen-bond acceptors (Lipinski definition) is 6. The second kappa shape index (κ2) is 7.96. The maximum absolute atomic E-state index is 12.9. The topological polar surface area (TPSA) is 99.0 Å². The Morgan fingerprint density at radius 2 is 1.93 bits per heavy atom. The molecule has 8 nitrogen and oxygen atoms in total. The summed E-state index contributed by atoms with van der Waals surface area (Å²) in [4.78, 5) is 36.8. The Bertz CT molecular complexity index is 868. The van der Waals surface area contributed by atoms with E-state index in [2.05, 4.69) is 0 Å². The second-order valence-electron chi connectivity index (χ2n) is 5.88. The number of nitro benzene ring substituents is 1. The number of fused-ring (bicyclic) bond motifs is 1. The van der Waals surface area contributed by atoms with Crippen LogP contribution in [0.5, 0.6) is 0 Å². The van der Waals surface area contributed by atoms with Gasteiger partial charge in [0.2, 0.25) is 0 Å². The maximum atomic E-state index is 12.9. The van der Waals surface area contributed by atoms with Crippen LogP contribution in [0.3, 0.4) is 0 Å². The molecule has 1 amide bonds. The van der Waals surface area contributed by atoms with Crippen LogP contribution < -0.4 is 0 Å². The fourth-order valence-corrected chi connectivity index (χ4v) is 3.03. The third kappa shape index (κ3) is 3.80. The molecule has 0 fully saturated rings. The van der Waals surface area contributed by atoms with E-state index in [-0.39, 0.29) is 35.9 Å². The van der Waals surface area contributed by atoms with E-state index >= 15 is 0 Å². The largest absolute Gasteiger partial charge is 0.464 e. The molecule has 140 valence electrons. The van der Waals surface area contributed by atoms with Crippen LogP contribution in [0.25, 0.3) is 0 Å². The van der Waals surface area contributed by atoms with Crippen LogP contribution in [0.4, 0.5) is 5.69 Å². The summed E-state index contributed by atoms with van der Waals surface area (Å²) >= 11 is 0. The first-order valence-corrected chi connectivity index (χ1v) is 8.42. The average Bonchev–Trinajstić information content (AvgIpc) is 2.93. The van der Waals surface area contributed by atoms with Gasteiger partial charge in [0.05, 0.1) is 22.7 Å². The van der Waals surface area contributed by atoms with Crippen molar-refractivity contribution in [3.63, 3.8) is 0 Å².